The standard InChI is InChI=1S/C11H9Br4NO4/c1-3(2-17)16-10(18)4-5(11(19)20)7(13)9(15)8(14)6(4)12/h3,17H,2H2,1H3,(H,16,18)(H,19,20)/t3-/m0/s1. The average Bonchev–Trinajstić information content (AvgIpc) is 2.39. The van der Waals surface area contributed by atoms with Gasteiger partial charge in [-0.3, -0.25) is 4.79 Å². The van der Waals surface area contributed by atoms with Crippen molar-refractivity contribution >= 4 is 75.6 Å². The van der Waals surface area contributed by atoms with Gasteiger partial charge in [-0.2, -0.15) is 0 Å². The summed E-state index contributed by atoms with van der Waals surface area (Å²) in [6.07, 6.45) is 0. The molecule has 1 aromatic rings. The summed E-state index contributed by atoms with van der Waals surface area (Å²) in [5, 5.41) is 20.8. The molecule has 3 N–H and O–H groups in total. The molecule has 0 aliphatic carbocycles. The maximum absolute atomic E-state index is 12.2. The second-order valence-electron chi connectivity index (χ2n) is 3.87. The number of halogens is 4. The molecule has 0 heterocycles. The summed E-state index contributed by atoms with van der Waals surface area (Å²) in [5.41, 5.74) is -0.200. The van der Waals surface area contributed by atoms with E-state index < -0.39 is 17.9 Å². The van der Waals surface area contributed by atoms with E-state index >= 15 is 0 Å². The molecule has 0 aromatic heterocycles. The van der Waals surface area contributed by atoms with Gasteiger partial charge >= 0.3 is 5.97 Å². The average molecular weight is 539 g/mol. The van der Waals surface area contributed by atoms with Gasteiger partial charge in [0.25, 0.3) is 5.91 Å². The van der Waals surface area contributed by atoms with Crippen molar-refractivity contribution < 1.29 is 19.8 Å². The Hall–Kier alpha value is 0.0400. The van der Waals surface area contributed by atoms with E-state index in [1.54, 1.807) is 6.92 Å². The summed E-state index contributed by atoms with van der Waals surface area (Å²) in [6.45, 7) is 1.36. The summed E-state index contributed by atoms with van der Waals surface area (Å²) >= 11 is 12.9. The normalized spacial score (nSPS) is 12.1. The number of aromatic carboxylic acids is 1. The fourth-order valence-electron chi connectivity index (χ4n) is 1.39. The number of nitrogens with one attached hydrogen (secondary N) is 1. The number of amides is 1. The number of aliphatic hydroxyl groups excluding tert-OH is 1. The van der Waals surface area contributed by atoms with Gasteiger partial charge in [-0.1, -0.05) is 0 Å². The van der Waals surface area contributed by atoms with Crippen LogP contribution >= 0.6 is 63.7 Å². The molecule has 0 aliphatic rings. The van der Waals surface area contributed by atoms with E-state index in [4.69, 9.17) is 5.11 Å². The zero-order chi connectivity index (χ0) is 15.6. The number of carboxylic acid groups (broad SMARTS) is 1. The maximum Gasteiger partial charge on any atom is 0.337 e. The molecule has 0 unspecified atom stereocenters. The summed E-state index contributed by atoms with van der Waals surface area (Å²) in [5.74, 6) is -1.84. The van der Waals surface area contributed by atoms with E-state index in [0.29, 0.717) is 13.4 Å². The highest BCUT2D eigenvalue weighted by Crippen LogP contribution is 2.42. The van der Waals surface area contributed by atoms with Gasteiger partial charge in [-0.15, -0.1) is 0 Å². The number of hydrogen-bond donors (Lipinski definition) is 3. The van der Waals surface area contributed by atoms with Crippen LogP contribution in [0.2, 0.25) is 0 Å². The molecule has 1 aromatic carbocycles. The zero-order valence-electron chi connectivity index (χ0n) is 10.0. The van der Waals surface area contributed by atoms with E-state index in [1.807, 2.05) is 0 Å². The van der Waals surface area contributed by atoms with Gasteiger partial charge in [-0.25, -0.2) is 4.79 Å². The molecule has 1 rings (SSSR count). The van der Waals surface area contributed by atoms with Crippen molar-refractivity contribution in [1.29, 1.82) is 0 Å². The predicted molar refractivity (Wildman–Crippen MR) is 88.2 cm³/mol. The fraction of sp³-hybridized carbons (Fsp3) is 0.273. The number of carbonyl (C=O) groups excluding carboxylic acids is 1. The molecule has 0 saturated carbocycles. The van der Waals surface area contributed by atoms with Crippen LogP contribution in [0, 0.1) is 0 Å². The van der Waals surface area contributed by atoms with Crippen molar-refractivity contribution in [2.75, 3.05) is 6.61 Å². The van der Waals surface area contributed by atoms with Crippen LogP contribution in [0.25, 0.3) is 0 Å². The molecule has 0 bridgehead atoms. The molecule has 0 radical (unpaired) electrons. The summed E-state index contributed by atoms with van der Waals surface area (Å²) in [7, 11) is 0. The van der Waals surface area contributed by atoms with Crippen molar-refractivity contribution in [2.45, 2.75) is 13.0 Å². The largest absolute Gasteiger partial charge is 0.478 e. The molecule has 0 fully saturated rings. The van der Waals surface area contributed by atoms with E-state index in [1.165, 1.54) is 0 Å². The van der Waals surface area contributed by atoms with Crippen LogP contribution in [0.1, 0.15) is 27.6 Å². The van der Waals surface area contributed by atoms with Gasteiger partial charge in [0.15, 0.2) is 0 Å². The minimum Gasteiger partial charge on any atom is -0.478 e. The van der Waals surface area contributed by atoms with E-state index in [9.17, 15) is 14.7 Å². The van der Waals surface area contributed by atoms with Crippen molar-refractivity contribution in [3.63, 3.8) is 0 Å². The Kier molecular flexibility index (Phi) is 6.65. The highest BCUT2D eigenvalue weighted by Gasteiger charge is 2.28. The van der Waals surface area contributed by atoms with Gasteiger partial charge in [0.05, 0.1) is 17.7 Å². The van der Waals surface area contributed by atoms with E-state index in [2.05, 4.69) is 69.0 Å². The van der Waals surface area contributed by atoms with Gasteiger partial charge in [0.2, 0.25) is 0 Å². The highest BCUT2D eigenvalue weighted by atomic mass is 79.9. The third kappa shape index (κ3) is 3.62. The molecule has 110 valence electrons. The Bertz CT molecular complexity index is 576. The first kappa shape index (κ1) is 18.1. The summed E-state index contributed by atoms with van der Waals surface area (Å²) in [4.78, 5) is 23.6. The van der Waals surface area contributed by atoms with E-state index in [0.717, 1.165) is 0 Å². The van der Waals surface area contributed by atoms with Crippen molar-refractivity contribution in [2.24, 2.45) is 0 Å². The quantitative estimate of drug-likeness (QED) is 0.404. The van der Waals surface area contributed by atoms with Crippen LogP contribution in [0.4, 0.5) is 0 Å². The molecule has 20 heavy (non-hydrogen) atoms. The van der Waals surface area contributed by atoms with Crippen LogP contribution in [0.5, 0.6) is 0 Å². The molecule has 1 atom stereocenters. The van der Waals surface area contributed by atoms with Gasteiger partial charge < -0.3 is 15.5 Å². The van der Waals surface area contributed by atoms with Crippen LogP contribution in [-0.2, 0) is 0 Å². The first-order valence-electron chi connectivity index (χ1n) is 5.23. The first-order chi connectivity index (χ1) is 9.22. The second kappa shape index (κ2) is 7.35. The Morgan fingerprint density at radius 3 is 1.90 bits per heavy atom. The SMILES string of the molecule is C[C@@H](CO)NC(=O)c1c(Br)c(Br)c(Br)c(Br)c1C(=O)O. The Balaban J connectivity index is 3.52. The lowest BCUT2D eigenvalue weighted by molar-refractivity contribution is 0.0689. The Labute approximate surface area is 148 Å². The number of hydrogen-bond acceptors (Lipinski definition) is 3. The number of rotatable bonds is 4. The minimum absolute atomic E-state index is 0.0280. The zero-order valence-corrected chi connectivity index (χ0v) is 16.4. The summed E-state index contributed by atoms with van der Waals surface area (Å²) < 4.78 is 1.55. The molecule has 0 aliphatic heterocycles. The number of carbonyl (C=O) groups is 2. The van der Waals surface area contributed by atoms with Crippen molar-refractivity contribution in [3.05, 3.63) is 29.0 Å². The third-order valence-electron chi connectivity index (χ3n) is 2.36. The lowest BCUT2D eigenvalue weighted by Crippen LogP contribution is -2.36. The van der Waals surface area contributed by atoms with E-state index in [-0.39, 0.29) is 22.2 Å². The molecule has 9 heteroatoms. The molecule has 0 spiro atoms. The lowest BCUT2D eigenvalue weighted by atomic mass is 10.1. The second-order valence-corrected chi connectivity index (χ2v) is 7.04. The maximum atomic E-state index is 12.2. The lowest BCUT2D eigenvalue weighted by Gasteiger charge is -2.16. The molecular formula is C11H9Br4NO4. The van der Waals surface area contributed by atoms with Gasteiger partial charge in [0, 0.05) is 23.9 Å². The van der Waals surface area contributed by atoms with Gasteiger partial charge in [-0.05, 0) is 70.6 Å². The van der Waals surface area contributed by atoms with Crippen LogP contribution < -0.4 is 5.32 Å². The van der Waals surface area contributed by atoms with Crippen LogP contribution in [0.3, 0.4) is 0 Å². The summed E-state index contributed by atoms with van der Waals surface area (Å²) in [6, 6.07) is -0.489. The number of aliphatic hydroxyl groups is 1. The number of carboxylic acids is 1. The third-order valence-corrected chi connectivity index (χ3v) is 7.13. The smallest absolute Gasteiger partial charge is 0.337 e. The highest BCUT2D eigenvalue weighted by molar-refractivity contribution is 9.15. The van der Waals surface area contributed by atoms with Crippen LogP contribution in [-0.4, -0.2) is 34.7 Å². The Morgan fingerprint density at radius 1 is 1.05 bits per heavy atom. The first-order valence-corrected chi connectivity index (χ1v) is 8.40. The van der Waals surface area contributed by atoms with Gasteiger partial charge in [0.1, 0.15) is 0 Å². The topological polar surface area (TPSA) is 86.6 Å². The molecule has 5 nitrogen and oxygen atoms in total. The van der Waals surface area contributed by atoms with Crippen molar-refractivity contribution in [3.8, 4) is 0 Å². The monoisotopic (exact) mass is 535 g/mol. The Morgan fingerprint density at radius 2 is 1.50 bits per heavy atom. The van der Waals surface area contributed by atoms with Crippen LogP contribution in [0.15, 0.2) is 17.9 Å². The minimum atomic E-state index is -1.24. The molecule has 1 amide bonds. The number of benzene rings is 1. The fourth-order valence-corrected chi connectivity index (χ4v) is 3.86. The molecular weight excluding hydrogens is 530 g/mol. The van der Waals surface area contributed by atoms with Crippen molar-refractivity contribution in [1.82, 2.24) is 5.32 Å². The molecule has 0 saturated heterocycles. The predicted octanol–water partition coefficient (Wildman–Crippen LogP) is 3.55.